The predicted octanol–water partition coefficient (Wildman–Crippen LogP) is 2.90. The van der Waals surface area contributed by atoms with E-state index in [1.807, 2.05) is 42.1 Å². The van der Waals surface area contributed by atoms with Gasteiger partial charge in [0.2, 0.25) is 5.91 Å². The molecule has 3 N–H and O–H groups in total. The van der Waals surface area contributed by atoms with Crippen LogP contribution in [-0.4, -0.2) is 40.0 Å². The highest BCUT2D eigenvalue weighted by Crippen LogP contribution is 2.33. The first-order valence-electron chi connectivity index (χ1n) is 9.02. The summed E-state index contributed by atoms with van der Waals surface area (Å²) in [6, 6.07) is 10.1. The standard InChI is InChI=1S/C19H22N4O2S/c24-17(21-13-7-8-14-12(10-13)4-3-9-20-14)6-2-1-5-16-18-15(11-26-16)22-19(25)23-18/h3-4,7-10,15-16,18H,1-2,5-6,11H2,(H,21,24)(H2,22,23,25)/t15-,16-,18-/m1/s1. The molecule has 7 heteroatoms. The Labute approximate surface area is 156 Å². The highest BCUT2D eigenvalue weighted by atomic mass is 32.2. The highest BCUT2D eigenvalue weighted by Gasteiger charge is 2.42. The van der Waals surface area contributed by atoms with Crippen LogP contribution in [0.15, 0.2) is 36.5 Å². The van der Waals surface area contributed by atoms with Crippen molar-refractivity contribution in [1.82, 2.24) is 15.6 Å². The molecule has 2 saturated heterocycles. The summed E-state index contributed by atoms with van der Waals surface area (Å²) in [5.41, 5.74) is 1.73. The summed E-state index contributed by atoms with van der Waals surface area (Å²) in [5.74, 6) is 1.02. The maximum absolute atomic E-state index is 12.2. The lowest BCUT2D eigenvalue weighted by Crippen LogP contribution is -2.36. The second-order valence-corrected chi connectivity index (χ2v) is 8.10. The fourth-order valence-electron chi connectivity index (χ4n) is 3.65. The second-order valence-electron chi connectivity index (χ2n) is 6.83. The number of aromatic nitrogens is 1. The molecule has 2 fully saturated rings. The number of unbranched alkanes of at least 4 members (excludes halogenated alkanes) is 1. The average molecular weight is 370 g/mol. The minimum atomic E-state index is -0.0461. The topological polar surface area (TPSA) is 83.1 Å². The van der Waals surface area contributed by atoms with Crippen LogP contribution in [0.25, 0.3) is 10.9 Å². The van der Waals surface area contributed by atoms with E-state index < -0.39 is 0 Å². The van der Waals surface area contributed by atoms with Crippen molar-refractivity contribution < 1.29 is 9.59 Å². The molecule has 1 aromatic carbocycles. The molecule has 1 aromatic heterocycles. The van der Waals surface area contributed by atoms with Gasteiger partial charge in [0.15, 0.2) is 0 Å². The number of pyridine rings is 1. The fraction of sp³-hybridized carbons (Fsp3) is 0.421. The first kappa shape index (κ1) is 17.1. The number of nitrogens with one attached hydrogen (secondary N) is 3. The largest absolute Gasteiger partial charge is 0.332 e. The van der Waals surface area contributed by atoms with Crippen LogP contribution in [0.1, 0.15) is 25.7 Å². The van der Waals surface area contributed by atoms with Crippen LogP contribution in [0.3, 0.4) is 0 Å². The van der Waals surface area contributed by atoms with E-state index in [1.165, 1.54) is 0 Å². The summed E-state index contributed by atoms with van der Waals surface area (Å²) in [5, 5.41) is 10.4. The Morgan fingerprint density at radius 3 is 3.12 bits per heavy atom. The van der Waals surface area contributed by atoms with Gasteiger partial charge in [0.1, 0.15) is 0 Å². The Kier molecular flexibility index (Phi) is 4.97. The zero-order chi connectivity index (χ0) is 17.9. The van der Waals surface area contributed by atoms with E-state index in [1.54, 1.807) is 6.20 Å². The molecule has 2 aliphatic heterocycles. The molecule has 136 valence electrons. The van der Waals surface area contributed by atoms with Crippen molar-refractivity contribution >= 4 is 40.3 Å². The maximum atomic E-state index is 12.2. The highest BCUT2D eigenvalue weighted by molar-refractivity contribution is 8.00. The van der Waals surface area contributed by atoms with Crippen LogP contribution in [0.5, 0.6) is 0 Å². The molecular weight excluding hydrogens is 348 g/mol. The molecule has 3 heterocycles. The van der Waals surface area contributed by atoms with Gasteiger partial charge in [0, 0.05) is 34.7 Å². The molecule has 0 unspecified atom stereocenters. The van der Waals surface area contributed by atoms with E-state index in [0.717, 1.165) is 41.6 Å². The van der Waals surface area contributed by atoms with E-state index in [0.29, 0.717) is 11.7 Å². The van der Waals surface area contributed by atoms with E-state index in [4.69, 9.17) is 0 Å². The van der Waals surface area contributed by atoms with Gasteiger partial charge in [0.25, 0.3) is 0 Å². The summed E-state index contributed by atoms with van der Waals surface area (Å²) in [4.78, 5) is 27.8. The molecule has 3 amide bonds. The minimum absolute atomic E-state index is 0.0426. The molecule has 3 atom stereocenters. The zero-order valence-corrected chi connectivity index (χ0v) is 15.2. The Morgan fingerprint density at radius 2 is 2.19 bits per heavy atom. The fourth-order valence-corrected chi connectivity index (χ4v) is 5.19. The van der Waals surface area contributed by atoms with Gasteiger partial charge in [-0.25, -0.2) is 4.79 Å². The SMILES string of the molecule is O=C(CCCC[C@H]1SC[C@H]2NC(=O)N[C@H]21)Nc1ccc2ncccc2c1. The lowest BCUT2D eigenvalue weighted by molar-refractivity contribution is -0.116. The number of thioether (sulfide) groups is 1. The number of nitrogens with zero attached hydrogens (tertiary/aromatic N) is 1. The van der Waals surface area contributed by atoms with Crippen molar-refractivity contribution in [1.29, 1.82) is 0 Å². The Morgan fingerprint density at radius 1 is 1.27 bits per heavy atom. The summed E-state index contributed by atoms with van der Waals surface area (Å²) >= 11 is 1.92. The summed E-state index contributed by atoms with van der Waals surface area (Å²) in [7, 11) is 0. The van der Waals surface area contributed by atoms with Gasteiger partial charge in [-0.3, -0.25) is 9.78 Å². The number of benzene rings is 1. The average Bonchev–Trinajstić information content (AvgIpc) is 3.18. The zero-order valence-electron chi connectivity index (χ0n) is 14.4. The van der Waals surface area contributed by atoms with Crippen LogP contribution in [0.4, 0.5) is 10.5 Å². The van der Waals surface area contributed by atoms with Crippen LogP contribution in [0, 0.1) is 0 Å². The van der Waals surface area contributed by atoms with Gasteiger partial charge in [-0.2, -0.15) is 11.8 Å². The van der Waals surface area contributed by atoms with Gasteiger partial charge in [-0.15, -0.1) is 0 Å². The molecule has 26 heavy (non-hydrogen) atoms. The normalized spacial score (nSPS) is 24.2. The first-order chi connectivity index (χ1) is 12.7. The molecule has 2 aliphatic rings. The van der Waals surface area contributed by atoms with Crippen LogP contribution in [-0.2, 0) is 4.79 Å². The van der Waals surface area contributed by atoms with Crippen LogP contribution >= 0.6 is 11.8 Å². The molecule has 2 aromatic rings. The van der Waals surface area contributed by atoms with E-state index in [-0.39, 0.29) is 24.0 Å². The smallest absolute Gasteiger partial charge is 0.315 e. The van der Waals surface area contributed by atoms with E-state index in [9.17, 15) is 9.59 Å². The number of carbonyl (C=O) groups excluding carboxylic acids is 2. The summed E-state index contributed by atoms with van der Waals surface area (Å²) in [6.07, 6.45) is 5.16. The maximum Gasteiger partial charge on any atom is 0.315 e. The van der Waals surface area contributed by atoms with Crippen molar-refractivity contribution in [2.45, 2.75) is 43.0 Å². The van der Waals surface area contributed by atoms with Crippen molar-refractivity contribution in [3.63, 3.8) is 0 Å². The number of amides is 3. The quantitative estimate of drug-likeness (QED) is 0.539. The molecular formula is C19H22N4O2S. The number of carbonyl (C=O) groups is 2. The molecule has 0 bridgehead atoms. The number of hydrogen-bond donors (Lipinski definition) is 3. The third kappa shape index (κ3) is 3.77. The first-order valence-corrected chi connectivity index (χ1v) is 10.1. The van der Waals surface area contributed by atoms with E-state index in [2.05, 4.69) is 20.9 Å². The number of fused-ring (bicyclic) bond motifs is 2. The van der Waals surface area contributed by atoms with Gasteiger partial charge in [0.05, 0.1) is 17.6 Å². The number of rotatable bonds is 6. The second kappa shape index (κ2) is 7.53. The lowest BCUT2D eigenvalue weighted by atomic mass is 10.0. The molecule has 0 radical (unpaired) electrons. The Hall–Kier alpha value is -2.28. The Bertz CT molecular complexity index is 828. The molecule has 0 saturated carbocycles. The number of urea groups is 1. The Balaban J connectivity index is 1.21. The summed E-state index contributed by atoms with van der Waals surface area (Å²) < 4.78 is 0. The van der Waals surface area contributed by atoms with Gasteiger partial charge in [-0.1, -0.05) is 12.5 Å². The van der Waals surface area contributed by atoms with Gasteiger partial charge >= 0.3 is 6.03 Å². The van der Waals surface area contributed by atoms with Gasteiger partial charge < -0.3 is 16.0 Å². The number of hydrogen-bond acceptors (Lipinski definition) is 4. The van der Waals surface area contributed by atoms with Gasteiger partial charge in [-0.05, 0) is 37.1 Å². The van der Waals surface area contributed by atoms with Crippen molar-refractivity contribution in [2.24, 2.45) is 0 Å². The van der Waals surface area contributed by atoms with Crippen molar-refractivity contribution in [3.05, 3.63) is 36.5 Å². The third-order valence-corrected chi connectivity index (χ3v) is 6.48. The molecule has 0 spiro atoms. The monoisotopic (exact) mass is 370 g/mol. The molecule has 0 aliphatic carbocycles. The van der Waals surface area contributed by atoms with E-state index >= 15 is 0 Å². The van der Waals surface area contributed by atoms with Crippen molar-refractivity contribution in [3.8, 4) is 0 Å². The van der Waals surface area contributed by atoms with Crippen LogP contribution in [0.2, 0.25) is 0 Å². The van der Waals surface area contributed by atoms with Crippen LogP contribution < -0.4 is 16.0 Å². The minimum Gasteiger partial charge on any atom is -0.332 e. The number of anilines is 1. The molecule has 4 rings (SSSR count). The van der Waals surface area contributed by atoms with Crippen molar-refractivity contribution in [2.75, 3.05) is 11.1 Å². The molecule has 6 nitrogen and oxygen atoms in total. The lowest BCUT2D eigenvalue weighted by Gasteiger charge is -2.16. The predicted molar refractivity (Wildman–Crippen MR) is 104 cm³/mol. The summed E-state index contributed by atoms with van der Waals surface area (Å²) in [6.45, 7) is 0. The third-order valence-electron chi connectivity index (χ3n) is 4.97.